The van der Waals surface area contributed by atoms with Crippen LogP contribution in [0.4, 0.5) is 0 Å². The van der Waals surface area contributed by atoms with Gasteiger partial charge in [0.1, 0.15) is 0 Å². The maximum atomic E-state index is 12.7. The average molecular weight is 318 g/mol. The Kier molecular flexibility index (Phi) is 5.62. The Morgan fingerprint density at radius 3 is 2.67 bits per heavy atom. The fraction of sp³-hybridized carbons (Fsp3) is 0.929. The van der Waals surface area contributed by atoms with Crippen LogP contribution in [0.15, 0.2) is 0 Å². The van der Waals surface area contributed by atoms with E-state index in [-0.39, 0.29) is 24.3 Å². The van der Waals surface area contributed by atoms with Gasteiger partial charge in [-0.25, -0.2) is 8.42 Å². The van der Waals surface area contributed by atoms with Gasteiger partial charge in [0, 0.05) is 25.2 Å². The van der Waals surface area contributed by atoms with Crippen molar-refractivity contribution in [3.05, 3.63) is 0 Å². The molecule has 1 aliphatic heterocycles. The highest BCUT2D eigenvalue weighted by Gasteiger charge is 2.45. The van der Waals surface area contributed by atoms with Crippen LogP contribution < -0.4 is 5.32 Å². The molecule has 7 heteroatoms. The lowest BCUT2D eigenvalue weighted by Gasteiger charge is -2.48. The van der Waals surface area contributed by atoms with Gasteiger partial charge in [0.2, 0.25) is 10.0 Å². The van der Waals surface area contributed by atoms with Gasteiger partial charge in [-0.05, 0) is 19.8 Å². The van der Waals surface area contributed by atoms with Crippen LogP contribution in [0.2, 0.25) is 0 Å². The molecule has 0 aromatic carbocycles. The van der Waals surface area contributed by atoms with Gasteiger partial charge in [-0.2, -0.15) is 4.31 Å². The summed E-state index contributed by atoms with van der Waals surface area (Å²) in [4.78, 5) is 11.4. The van der Waals surface area contributed by atoms with Crippen LogP contribution in [0.3, 0.4) is 0 Å². The molecule has 0 amide bonds. The van der Waals surface area contributed by atoms with Crippen LogP contribution in [0, 0.1) is 0 Å². The minimum absolute atomic E-state index is 0.0593. The molecular formula is C14H26N2O4S. The van der Waals surface area contributed by atoms with Gasteiger partial charge in [0.15, 0.2) is 0 Å². The van der Waals surface area contributed by atoms with Gasteiger partial charge in [-0.3, -0.25) is 4.79 Å². The second-order valence-corrected chi connectivity index (χ2v) is 7.92. The molecule has 2 aliphatic rings. The quantitative estimate of drug-likeness (QED) is 0.762. The van der Waals surface area contributed by atoms with Crippen molar-refractivity contribution in [1.82, 2.24) is 9.62 Å². The number of sulfonamides is 1. The molecule has 0 aromatic heterocycles. The van der Waals surface area contributed by atoms with Crippen molar-refractivity contribution in [2.24, 2.45) is 0 Å². The Labute approximate surface area is 127 Å². The molecule has 1 N–H and O–H groups in total. The molecule has 122 valence electrons. The molecule has 0 unspecified atom stereocenters. The largest absolute Gasteiger partial charge is 0.466 e. The summed E-state index contributed by atoms with van der Waals surface area (Å²) >= 11 is 0. The maximum Gasteiger partial charge on any atom is 0.306 e. The Hall–Kier alpha value is -0.660. The number of nitrogens with zero attached hydrogens (tertiary/aromatic N) is 1. The summed E-state index contributed by atoms with van der Waals surface area (Å²) in [5, 5.41) is 3.33. The third-order valence-corrected chi connectivity index (χ3v) is 6.43. The van der Waals surface area contributed by atoms with E-state index in [2.05, 4.69) is 5.32 Å². The van der Waals surface area contributed by atoms with Crippen LogP contribution in [0.25, 0.3) is 0 Å². The topological polar surface area (TPSA) is 75.7 Å². The van der Waals surface area contributed by atoms with Gasteiger partial charge in [0.05, 0.1) is 18.8 Å². The van der Waals surface area contributed by atoms with E-state index in [1.54, 1.807) is 11.2 Å². The normalized spacial score (nSPS) is 23.1. The van der Waals surface area contributed by atoms with Crippen molar-refractivity contribution in [2.45, 2.75) is 51.0 Å². The standard InChI is InChI=1S/C14H26N2O4S/c1-2-20-13(17)6-11-21(18,19)16-10-9-15-12-14(16)7-4-3-5-8-14/h15H,2-12H2,1H3. The fourth-order valence-electron chi connectivity index (χ4n) is 3.45. The lowest BCUT2D eigenvalue weighted by molar-refractivity contribution is -0.142. The average Bonchev–Trinajstić information content (AvgIpc) is 2.47. The van der Waals surface area contributed by atoms with E-state index >= 15 is 0 Å². The van der Waals surface area contributed by atoms with E-state index in [1.165, 1.54) is 6.42 Å². The Morgan fingerprint density at radius 2 is 2.00 bits per heavy atom. The van der Waals surface area contributed by atoms with Crippen LogP contribution in [-0.2, 0) is 19.6 Å². The smallest absolute Gasteiger partial charge is 0.306 e. The van der Waals surface area contributed by atoms with Crippen molar-refractivity contribution in [1.29, 1.82) is 0 Å². The minimum atomic E-state index is -3.41. The number of carbonyl (C=O) groups excluding carboxylic acids is 1. The van der Waals surface area contributed by atoms with Gasteiger partial charge in [0.25, 0.3) is 0 Å². The number of hydrogen-bond donors (Lipinski definition) is 1. The molecule has 1 heterocycles. The summed E-state index contributed by atoms with van der Waals surface area (Å²) in [6, 6.07) is 0. The first-order valence-electron chi connectivity index (χ1n) is 7.87. The molecule has 21 heavy (non-hydrogen) atoms. The van der Waals surface area contributed by atoms with Crippen molar-refractivity contribution in [3.8, 4) is 0 Å². The van der Waals surface area contributed by atoms with Gasteiger partial charge >= 0.3 is 5.97 Å². The number of piperazine rings is 1. The zero-order valence-corrected chi connectivity index (χ0v) is 13.6. The summed E-state index contributed by atoms with van der Waals surface area (Å²) in [6.45, 7) is 3.92. The molecule has 0 aromatic rings. The van der Waals surface area contributed by atoms with Crippen molar-refractivity contribution in [3.63, 3.8) is 0 Å². The zero-order valence-electron chi connectivity index (χ0n) is 12.8. The van der Waals surface area contributed by atoms with E-state index < -0.39 is 16.0 Å². The maximum absolute atomic E-state index is 12.7. The predicted octanol–water partition coefficient (Wildman–Crippen LogP) is 0.877. The Bertz CT molecular complexity index is 449. The predicted molar refractivity (Wildman–Crippen MR) is 80.4 cm³/mol. The lowest BCUT2D eigenvalue weighted by atomic mass is 9.80. The van der Waals surface area contributed by atoms with Crippen LogP contribution in [0.5, 0.6) is 0 Å². The highest BCUT2D eigenvalue weighted by molar-refractivity contribution is 7.89. The van der Waals surface area contributed by atoms with E-state index in [0.717, 1.165) is 32.2 Å². The molecule has 2 fully saturated rings. The lowest BCUT2D eigenvalue weighted by Crippen LogP contribution is -2.63. The highest BCUT2D eigenvalue weighted by atomic mass is 32.2. The van der Waals surface area contributed by atoms with Crippen molar-refractivity contribution >= 4 is 16.0 Å². The molecule has 0 radical (unpaired) electrons. The highest BCUT2D eigenvalue weighted by Crippen LogP contribution is 2.36. The summed E-state index contributed by atoms with van der Waals surface area (Å²) in [5.74, 6) is -0.581. The van der Waals surface area contributed by atoms with Crippen molar-refractivity contribution < 1.29 is 17.9 Å². The van der Waals surface area contributed by atoms with Gasteiger partial charge in [-0.1, -0.05) is 19.3 Å². The molecule has 1 saturated heterocycles. The molecule has 1 saturated carbocycles. The number of nitrogens with one attached hydrogen (secondary N) is 1. The second-order valence-electron chi connectivity index (χ2n) is 5.90. The summed E-state index contributed by atoms with van der Waals surface area (Å²) in [6.07, 6.45) is 5.10. The third kappa shape index (κ3) is 3.96. The van der Waals surface area contributed by atoms with E-state index in [1.807, 2.05) is 0 Å². The SMILES string of the molecule is CCOC(=O)CCS(=O)(=O)N1CCNCC12CCCCC2. The van der Waals surface area contributed by atoms with E-state index in [4.69, 9.17) is 4.74 Å². The Morgan fingerprint density at radius 1 is 1.29 bits per heavy atom. The number of hydrogen-bond acceptors (Lipinski definition) is 5. The molecule has 6 nitrogen and oxygen atoms in total. The van der Waals surface area contributed by atoms with Crippen LogP contribution >= 0.6 is 0 Å². The number of carbonyl (C=O) groups is 1. The molecule has 1 aliphatic carbocycles. The zero-order chi connectivity index (χ0) is 15.3. The number of ether oxygens (including phenoxy) is 1. The van der Waals surface area contributed by atoms with Crippen LogP contribution in [-0.4, -0.2) is 56.2 Å². The second kappa shape index (κ2) is 7.07. The first-order chi connectivity index (χ1) is 10.0. The molecule has 0 atom stereocenters. The first-order valence-corrected chi connectivity index (χ1v) is 9.48. The van der Waals surface area contributed by atoms with Crippen LogP contribution in [0.1, 0.15) is 45.4 Å². The molecular weight excluding hydrogens is 292 g/mol. The monoisotopic (exact) mass is 318 g/mol. The first kappa shape index (κ1) is 16.7. The van der Waals surface area contributed by atoms with Gasteiger partial charge < -0.3 is 10.1 Å². The van der Waals surface area contributed by atoms with E-state index in [0.29, 0.717) is 13.1 Å². The fourth-order valence-corrected chi connectivity index (χ4v) is 5.30. The van der Waals surface area contributed by atoms with E-state index in [9.17, 15) is 13.2 Å². The Balaban J connectivity index is 2.06. The molecule has 2 rings (SSSR count). The molecule has 0 bridgehead atoms. The summed E-state index contributed by atoms with van der Waals surface area (Å²) < 4.78 is 31.8. The van der Waals surface area contributed by atoms with Crippen molar-refractivity contribution in [2.75, 3.05) is 32.0 Å². The van der Waals surface area contributed by atoms with Gasteiger partial charge in [-0.15, -0.1) is 0 Å². The number of esters is 1. The summed E-state index contributed by atoms with van der Waals surface area (Å²) in [7, 11) is -3.41. The molecule has 1 spiro atoms. The summed E-state index contributed by atoms with van der Waals surface area (Å²) in [5.41, 5.74) is -0.274. The number of rotatable bonds is 5. The minimum Gasteiger partial charge on any atom is -0.466 e. The third-order valence-electron chi connectivity index (χ3n) is 4.46.